The summed E-state index contributed by atoms with van der Waals surface area (Å²) in [6.45, 7) is 0. The molecule has 13 aromatic rings. The van der Waals surface area contributed by atoms with Crippen molar-refractivity contribution < 1.29 is 4.42 Å². The largest absolute Gasteiger partial charge is 0.456 e. The predicted octanol–water partition coefficient (Wildman–Crippen LogP) is 17.5. The van der Waals surface area contributed by atoms with Gasteiger partial charge in [0, 0.05) is 59.1 Å². The van der Waals surface area contributed by atoms with Gasteiger partial charge < -0.3 is 13.9 Å². The Labute approximate surface area is 373 Å². The number of hydrogen-bond donors (Lipinski definition) is 0. The third-order valence-electron chi connectivity index (χ3n) is 12.8. The Morgan fingerprint density at radius 1 is 0.359 bits per heavy atom. The lowest BCUT2D eigenvalue weighted by atomic mass is 10.0. The maximum Gasteiger partial charge on any atom is 0.137 e. The molecule has 300 valence electrons. The molecule has 0 spiro atoms. The molecule has 0 radical (unpaired) electrons. The van der Waals surface area contributed by atoms with Crippen molar-refractivity contribution in [2.45, 2.75) is 0 Å². The van der Waals surface area contributed by atoms with Gasteiger partial charge in [0.2, 0.25) is 0 Å². The first-order chi connectivity index (χ1) is 31.7. The molecule has 4 heteroatoms. The summed E-state index contributed by atoms with van der Waals surface area (Å²) in [6, 6.07) is 83.3. The second-order valence-corrected chi connectivity index (χ2v) is 17.5. The predicted molar refractivity (Wildman–Crippen MR) is 272 cm³/mol. The Hall–Kier alpha value is -8.18. The summed E-state index contributed by atoms with van der Waals surface area (Å²) < 4.78 is 11.4. The van der Waals surface area contributed by atoms with E-state index in [4.69, 9.17) is 4.42 Å². The van der Waals surface area contributed by atoms with Gasteiger partial charge in [-0.05, 0) is 112 Å². The van der Waals surface area contributed by atoms with Crippen molar-refractivity contribution in [3.63, 3.8) is 0 Å². The van der Waals surface area contributed by atoms with E-state index >= 15 is 0 Å². The highest BCUT2D eigenvalue weighted by Gasteiger charge is 2.20. The first kappa shape index (κ1) is 36.5. The number of benzene rings is 10. The summed E-state index contributed by atoms with van der Waals surface area (Å²) in [5.41, 5.74) is 15.7. The van der Waals surface area contributed by atoms with E-state index in [0.29, 0.717) is 0 Å². The maximum atomic E-state index is 6.36. The number of fused-ring (bicyclic) bond motifs is 10. The highest BCUT2D eigenvalue weighted by Crippen LogP contribution is 2.44. The molecule has 0 bridgehead atoms. The summed E-state index contributed by atoms with van der Waals surface area (Å²) >= 11 is 1.87. The fourth-order valence-corrected chi connectivity index (χ4v) is 11.0. The van der Waals surface area contributed by atoms with Crippen LogP contribution in [-0.2, 0) is 0 Å². The smallest absolute Gasteiger partial charge is 0.137 e. The van der Waals surface area contributed by atoms with Crippen LogP contribution in [0.25, 0.3) is 103 Å². The van der Waals surface area contributed by atoms with Crippen LogP contribution in [0.5, 0.6) is 0 Å². The minimum absolute atomic E-state index is 0.899. The van der Waals surface area contributed by atoms with Crippen LogP contribution in [0, 0.1) is 0 Å². The molecule has 64 heavy (non-hydrogen) atoms. The number of anilines is 3. The molecule has 3 heterocycles. The zero-order chi connectivity index (χ0) is 42.1. The lowest BCUT2D eigenvalue weighted by molar-refractivity contribution is 0.669. The molecule has 0 amide bonds. The molecule has 3 nitrogen and oxygen atoms in total. The number of furan rings is 1. The van der Waals surface area contributed by atoms with Gasteiger partial charge in [0.25, 0.3) is 0 Å². The van der Waals surface area contributed by atoms with Crippen LogP contribution >= 0.6 is 11.3 Å². The van der Waals surface area contributed by atoms with Crippen molar-refractivity contribution in [1.82, 2.24) is 4.57 Å². The van der Waals surface area contributed by atoms with E-state index in [2.05, 4.69) is 234 Å². The average molecular weight is 835 g/mol. The molecule has 0 saturated heterocycles. The topological polar surface area (TPSA) is 21.3 Å². The van der Waals surface area contributed by atoms with Crippen LogP contribution in [0.3, 0.4) is 0 Å². The van der Waals surface area contributed by atoms with Crippen LogP contribution in [0.1, 0.15) is 0 Å². The standard InChI is InChI=1S/C60H38N2OS/c1-2-11-39(12-3-1)40-21-29-44(30-22-40)61(46-35-27-43(28-36-46)48-16-10-17-52-50-14-6-9-20-57(50)64-60(48)52)45-31-23-41(24-32-45)42-25-33-47(34-26-42)62-54-18-7-4-13-49(54)51-37-38-56-58(59(51)62)53-15-5-8-19-55(53)63-56/h1-38H. The number of thiophene rings is 1. The normalized spacial score (nSPS) is 11.8. The summed E-state index contributed by atoms with van der Waals surface area (Å²) in [5.74, 6) is 0. The van der Waals surface area contributed by atoms with Crippen LogP contribution in [0.15, 0.2) is 235 Å². The molecular formula is C60H38N2OS. The van der Waals surface area contributed by atoms with E-state index in [0.717, 1.165) is 55.8 Å². The number of aromatic nitrogens is 1. The molecule has 3 aromatic heterocycles. The van der Waals surface area contributed by atoms with Gasteiger partial charge in [-0.25, -0.2) is 0 Å². The molecule has 0 N–H and O–H groups in total. The third kappa shape index (κ3) is 5.88. The van der Waals surface area contributed by atoms with Gasteiger partial charge in [-0.1, -0.05) is 152 Å². The van der Waals surface area contributed by atoms with Gasteiger partial charge in [0.1, 0.15) is 11.2 Å². The molecule has 0 aliphatic carbocycles. The Morgan fingerprint density at radius 3 is 1.61 bits per heavy atom. The fraction of sp³-hybridized carbons (Fsp3) is 0. The van der Waals surface area contributed by atoms with E-state index in [1.54, 1.807) is 0 Å². The minimum Gasteiger partial charge on any atom is -0.456 e. The van der Waals surface area contributed by atoms with Crippen molar-refractivity contribution in [3.8, 4) is 39.1 Å². The van der Waals surface area contributed by atoms with Crippen LogP contribution in [0.4, 0.5) is 17.1 Å². The Balaban J connectivity index is 0.871. The Bertz CT molecular complexity index is 3860. The number of nitrogens with zero attached hydrogens (tertiary/aromatic N) is 2. The van der Waals surface area contributed by atoms with Crippen molar-refractivity contribution in [2.75, 3.05) is 4.90 Å². The molecule has 0 fully saturated rings. The molecule has 0 aliphatic rings. The summed E-state index contributed by atoms with van der Waals surface area (Å²) in [7, 11) is 0. The maximum absolute atomic E-state index is 6.36. The molecule has 0 unspecified atom stereocenters. The van der Waals surface area contributed by atoms with Crippen LogP contribution < -0.4 is 4.90 Å². The second-order valence-electron chi connectivity index (χ2n) is 16.5. The summed E-state index contributed by atoms with van der Waals surface area (Å²) in [6.07, 6.45) is 0. The van der Waals surface area contributed by atoms with E-state index < -0.39 is 0 Å². The van der Waals surface area contributed by atoms with E-state index in [1.165, 1.54) is 64.2 Å². The first-order valence-electron chi connectivity index (χ1n) is 21.7. The van der Waals surface area contributed by atoms with E-state index in [1.807, 2.05) is 17.4 Å². The van der Waals surface area contributed by atoms with Gasteiger partial charge in [0.15, 0.2) is 0 Å². The first-order valence-corrected chi connectivity index (χ1v) is 22.6. The van der Waals surface area contributed by atoms with Crippen LogP contribution in [0.2, 0.25) is 0 Å². The highest BCUT2D eigenvalue weighted by molar-refractivity contribution is 7.26. The van der Waals surface area contributed by atoms with Crippen molar-refractivity contribution >= 4 is 92.3 Å². The summed E-state index contributed by atoms with van der Waals surface area (Å²) in [4.78, 5) is 2.36. The highest BCUT2D eigenvalue weighted by atomic mass is 32.1. The van der Waals surface area contributed by atoms with Crippen molar-refractivity contribution in [1.29, 1.82) is 0 Å². The lowest BCUT2D eigenvalue weighted by Gasteiger charge is -2.26. The van der Waals surface area contributed by atoms with Gasteiger partial charge >= 0.3 is 0 Å². The van der Waals surface area contributed by atoms with Gasteiger partial charge in [-0.2, -0.15) is 0 Å². The van der Waals surface area contributed by atoms with Crippen molar-refractivity contribution in [3.05, 3.63) is 231 Å². The van der Waals surface area contributed by atoms with Crippen molar-refractivity contribution in [2.24, 2.45) is 0 Å². The summed E-state index contributed by atoms with van der Waals surface area (Å²) in [5, 5.41) is 7.35. The second kappa shape index (κ2) is 14.7. The minimum atomic E-state index is 0.899. The Kier molecular flexibility index (Phi) is 8.40. The number of rotatable bonds is 7. The third-order valence-corrected chi connectivity index (χ3v) is 14.1. The van der Waals surface area contributed by atoms with Gasteiger partial charge in [-0.3, -0.25) is 0 Å². The Morgan fingerprint density at radius 2 is 0.906 bits per heavy atom. The molecule has 0 atom stereocenters. The molecule has 0 aliphatic heterocycles. The van der Waals surface area contributed by atoms with E-state index in [-0.39, 0.29) is 0 Å². The monoisotopic (exact) mass is 834 g/mol. The lowest BCUT2D eigenvalue weighted by Crippen LogP contribution is -2.09. The van der Waals surface area contributed by atoms with Gasteiger partial charge in [-0.15, -0.1) is 11.3 Å². The molecular weight excluding hydrogens is 797 g/mol. The molecule has 13 rings (SSSR count). The quantitative estimate of drug-likeness (QED) is 0.159. The number of para-hydroxylation sites is 2. The zero-order valence-corrected chi connectivity index (χ0v) is 35.5. The number of hydrogen-bond acceptors (Lipinski definition) is 3. The van der Waals surface area contributed by atoms with Crippen LogP contribution in [-0.4, -0.2) is 4.57 Å². The SMILES string of the molecule is c1ccc(-c2ccc(N(c3ccc(-c4ccc(-n5c6ccccc6c6ccc7oc8ccccc8c7c65)cc4)cc3)c3ccc(-c4cccc5c4sc4ccccc45)cc3)cc2)cc1. The fourth-order valence-electron chi connectivity index (χ4n) is 9.78. The van der Waals surface area contributed by atoms with E-state index in [9.17, 15) is 0 Å². The molecule has 10 aromatic carbocycles. The zero-order valence-electron chi connectivity index (χ0n) is 34.7. The average Bonchev–Trinajstić information content (AvgIpc) is 4.05. The molecule has 0 saturated carbocycles. The van der Waals surface area contributed by atoms with Gasteiger partial charge in [0.05, 0.1) is 16.4 Å².